The lowest BCUT2D eigenvalue weighted by atomic mass is 9.99. The van der Waals surface area contributed by atoms with Gasteiger partial charge in [-0.25, -0.2) is 13.2 Å². The SMILES string of the molecule is CC1CCN(C(=O)COC(=O)c2ccc3c(c2)CCN3S(C)(=O)=O)CC1. The minimum Gasteiger partial charge on any atom is -0.452 e. The van der Waals surface area contributed by atoms with E-state index in [1.54, 1.807) is 17.0 Å². The number of nitrogens with zero attached hydrogens (tertiary/aromatic N) is 2. The zero-order valence-electron chi connectivity index (χ0n) is 15.1. The summed E-state index contributed by atoms with van der Waals surface area (Å²) < 4.78 is 30.0. The molecular weight excluding hydrogens is 356 g/mol. The lowest BCUT2D eigenvalue weighted by Gasteiger charge is -2.30. The number of piperidine rings is 1. The molecule has 2 heterocycles. The van der Waals surface area contributed by atoms with Crippen LogP contribution >= 0.6 is 0 Å². The van der Waals surface area contributed by atoms with E-state index in [0.717, 1.165) is 24.7 Å². The Balaban J connectivity index is 1.60. The second-order valence-electron chi connectivity index (χ2n) is 7.07. The number of fused-ring (bicyclic) bond motifs is 1. The summed E-state index contributed by atoms with van der Waals surface area (Å²) >= 11 is 0. The fourth-order valence-electron chi connectivity index (χ4n) is 3.40. The molecule has 1 aromatic carbocycles. The van der Waals surface area contributed by atoms with E-state index in [9.17, 15) is 18.0 Å². The molecule has 2 aliphatic rings. The van der Waals surface area contributed by atoms with Crippen molar-refractivity contribution >= 4 is 27.6 Å². The Labute approximate surface area is 154 Å². The Morgan fingerprint density at radius 2 is 1.88 bits per heavy atom. The minimum absolute atomic E-state index is 0.172. The molecule has 1 fully saturated rings. The van der Waals surface area contributed by atoms with Gasteiger partial charge in [-0.3, -0.25) is 9.10 Å². The fraction of sp³-hybridized carbons (Fsp3) is 0.556. The van der Waals surface area contributed by atoms with Crippen molar-refractivity contribution in [1.82, 2.24) is 4.90 Å². The van der Waals surface area contributed by atoms with Gasteiger partial charge in [0.25, 0.3) is 5.91 Å². The van der Waals surface area contributed by atoms with Crippen LogP contribution in [0.5, 0.6) is 0 Å². The number of esters is 1. The highest BCUT2D eigenvalue weighted by molar-refractivity contribution is 7.92. The summed E-state index contributed by atoms with van der Waals surface area (Å²) in [5, 5.41) is 0. The van der Waals surface area contributed by atoms with E-state index in [1.807, 2.05) is 0 Å². The summed E-state index contributed by atoms with van der Waals surface area (Å²) in [6.45, 7) is 3.69. The van der Waals surface area contributed by atoms with Gasteiger partial charge in [-0.1, -0.05) is 6.92 Å². The Morgan fingerprint density at radius 3 is 2.54 bits per heavy atom. The maximum Gasteiger partial charge on any atom is 0.338 e. The number of carbonyl (C=O) groups is 2. The standard InChI is InChI=1S/C18H24N2O5S/c1-13-5-8-19(9-6-13)17(21)12-25-18(22)15-3-4-16-14(11-15)7-10-20(16)26(2,23)24/h3-4,11,13H,5-10,12H2,1-2H3. The molecule has 142 valence electrons. The summed E-state index contributed by atoms with van der Waals surface area (Å²) in [7, 11) is -3.32. The van der Waals surface area contributed by atoms with Gasteiger partial charge in [0.2, 0.25) is 10.0 Å². The van der Waals surface area contributed by atoms with Gasteiger partial charge < -0.3 is 9.64 Å². The largest absolute Gasteiger partial charge is 0.452 e. The number of amides is 1. The summed E-state index contributed by atoms with van der Waals surface area (Å²) in [6.07, 6.45) is 3.66. The normalized spacial score (nSPS) is 17.9. The summed E-state index contributed by atoms with van der Waals surface area (Å²) in [5.74, 6) is -0.112. The maximum atomic E-state index is 12.2. The molecule has 0 radical (unpaired) electrons. The van der Waals surface area contributed by atoms with Gasteiger partial charge in [0.15, 0.2) is 6.61 Å². The molecule has 1 amide bonds. The third-order valence-electron chi connectivity index (χ3n) is 5.03. The molecule has 0 bridgehead atoms. The first-order valence-electron chi connectivity index (χ1n) is 8.81. The molecule has 2 aliphatic heterocycles. The smallest absolute Gasteiger partial charge is 0.338 e. The number of carbonyl (C=O) groups excluding carboxylic acids is 2. The number of likely N-dealkylation sites (tertiary alicyclic amines) is 1. The van der Waals surface area contributed by atoms with Crippen molar-refractivity contribution in [2.75, 3.05) is 36.8 Å². The maximum absolute atomic E-state index is 12.2. The zero-order chi connectivity index (χ0) is 18.9. The van der Waals surface area contributed by atoms with Crippen molar-refractivity contribution in [2.24, 2.45) is 5.92 Å². The first-order valence-corrected chi connectivity index (χ1v) is 10.7. The lowest BCUT2D eigenvalue weighted by molar-refractivity contribution is -0.135. The molecule has 7 nitrogen and oxygen atoms in total. The van der Waals surface area contributed by atoms with Crippen LogP contribution in [0.1, 0.15) is 35.7 Å². The highest BCUT2D eigenvalue weighted by Crippen LogP contribution is 2.30. The summed E-state index contributed by atoms with van der Waals surface area (Å²) in [5.41, 5.74) is 1.72. The van der Waals surface area contributed by atoms with Gasteiger partial charge in [-0.15, -0.1) is 0 Å². The number of ether oxygens (including phenoxy) is 1. The molecule has 1 saturated heterocycles. The van der Waals surface area contributed by atoms with Crippen LogP contribution in [0.3, 0.4) is 0 Å². The molecule has 8 heteroatoms. The van der Waals surface area contributed by atoms with Gasteiger partial charge in [0.05, 0.1) is 17.5 Å². The number of hydrogen-bond acceptors (Lipinski definition) is 5. The molecular formula is C18H24N2O5S. The third kappa shape index (κ3) is 4.00. The highest BCUT2D eigenvalue weighted by Gasteiger charge is 2.27. The first-order chi connectivity index (χ1) is 12.3. The number of rotatable bonds is 4. The van der Waals surface area contributed by atoms with E-state index in [-0.39, 0.29) is 12.5 Å². The predicted octanol–water partition coefficient (Wildman–Crippen LogP) is 1.42. The third-order valence-corrected chi connectivity index (χ3v) is 6.21. The second kappa shape index (κ2) is 7.26. The summed E-state index contributed by atoms with van der Waals surface area (Å²) in [6, 6.07) is 4.81. The van der Waals surface area contributed by atoms with Crippen LogP contribution in [0.15, 0.2) is 18.2 Å². The second-order valence-corrected chi connectivity index (χ2v) is 8.97. The lowest BCUT2D eigenvalue weighted by Crippen LogP contribution is -2.40. The van der Waals surface area contributed by atoms with Crippen LogP contribution in [0.4, 0.5) is 5.69 Å². The monoisotopic (exact) mass is 380 g/mol. The van der Waals surface area contributed by atoms with Crippen molar-refractivity contribution in [3.05, 3.63) is 29.3 Å². The van der Waals surface area contributed by atoms with E-state index in [4.69, 9.17) is 4.74 Å². The average molecular weight is 380 g/mol. The number of anilines is 1. The first kappa shape index (κ1) is 18.7. The van der Waals surface area contributed by atoms with Crippen molar-refractivity contribution in [1.29, 1.82) is 0 Å². The minimum atomic E-state index is -3.32. The topological polar surface area (TPSA) is 84.0 Å². The van der Waals surface area contributed by atoms with Gasteiger partial charge >= 0.3 is 5.97 Å². The van der Waals surface area contributed by atoms with Crippen LogP contribution in [0.25, 0.3) is 0 Å². The molecule has 0 aliphatic carbocycles. The van der Waals surface area contributed by atoms with Crippen molar-refractivity contribution in [2.45, 2.75) is 26.2 Å². The van der Waals surface area contributed by atoms with Gasteiger partial charge in [0.1, 0.15) is 0 Å². The average Bonchev–Trinajstić information content (AvgIpc) is 3.03. The molecule has 0 unspecified atom stereocenters. The van der Waals surface area contributed by atoms with E-state index in [0.29, 0.717) is 43.2 Å². The van der Waals surface area contributed by atoms with Crippen LogP contribution in [-0.2, 0) is 26.0 Å². The summed E-state index contributed by atoms with van der Waals surface area (Å²) in [4.78, 5) is 26.1. The Kier molecular flexibility index (Phi) is 5.22. The van der Waals surface area contributed by atoms with Crippen LogP contribution in [0.2, 0.25) is 0 Å². The molecule has 26 heavy (non-hydrogen) atoms. The van der Waals surface area contributed by atoms with E-state index >= 15 is 0 Å². The van der Waals surface area contributed by atoms with E-state index < -0.39 is 16.0 Å². The molecule has 3 rings (SSSR count). The predicted molar refractivity (Wildman–Crippen MR) is 97.6 cm³/mol. The molecule has 0 spiro atoms. The quantitative estimate of drug-likeness (QED) is 0.738. The van der Waals surface area contributed by atoms with Crippen molar-refractivity contribution in [3.63, 3.8) is 0 Å². The van der Waals surface area contributed by atoms with Crippen LogP contribution in [0, 0.1) is 5.92 Å². The molecule has 1 aromatic rings. The van der Waals surface area contributed by atoms with Gasteiger partial charge in [0, 0.05) is 19.6 Å². The van der Waals surface area contributed by atoms with Crippen LogP contribution < -0.4 is 4.31 Å². The number of sulfonamides is 1. The van der Waals surface area contributed by atoms with Crippen molar-refractivity contribution in [3.8, 4) is 0 Å². The van der Waals surface area contributed by atoms with Crippen molar-refractivity contribution < 1.29 is 22.7 Å². The molecule has 0 atom stereocenters. The van der Waals surface area contributed by atoms with E-state index in [2.05, 4.69) is 6.92 Å². The Bertz CT molecular complexity index is 813. The number of benzene rings is 1. The fourth-order valence-corrected chi connectivity index (χ4v) is 4.36. The molecule has 0 aromatic heterocycles. The molecule has 0 N–H and O–H groups in total. The van der Waals surface area contributed by atoms with Crippen LogP contribution in [-0.4, -0.2) is 57.7 Å². The Morgan fingerprint density at radius 1 is 1.19 bits per heavy atom. The number of hydrogen-bond donors (Lipinski definition) is 0. The van der Waals surface area contributed by atoms with E-state index in [1.165, 1.54) is 10.4 Å². The van der Waals surface area contributed by atoms with Gasteiger partial charge in [-0.05, 0) is 48.9 Å². The zero-order valence-corrected chi connectivity index (χ0v) is 15.9. The molecule has 0 saturated carbocycles. The Hall–Kier alpha value is -2.09. The van der Waals surface area contributed by atoms with Gasteiger partial charge in [-0.2, -0.15) is 0 Å². The highest BCUT2D eigenvalue weighted by atomic mass is 32.2.